The molecule has 0 N–H and O–H groups in total. The zero-order chi connectivity index (χ0) is 23.4. The summed E-state index contributed by atoms with van der Waals surface area (Å²) in [7, 11) is 1.59. The Kier molecular flexibility index (Phi) is 6.79. The van der Waals surface area contributed by atoms with Gasteiger partial charge in [0.2, 0.25) is 5.82 Å². The number of rotatable bonds is 9. The molecule has 1 aliphatic heterocycles. The van der Waals surface area contributed by atoms with Gasteiger partial charge in [-0.15, -0.1) is 0 Å². The van der Waals surface area contributed by atoms with Gasteiger partial charge >= 0.3 is 11.9 Å². The fourth-order valence-corrected chi connectivity index (χ4v) is 3.77. The number of hydrogen-bond acceptors (Lipinski definition) is 7. The van der Waals surface area contributed by atoms with E-state index in [2.05, 4.69) is 10.1 Å². The van der Waals surface area contributed by atoms with Crippen LogP contribution in [0.15, 0.2) is 53.1 Å². The first-order valence-electron chi connectivity index (χ1n) is 10.9. The van der Waals surface area contributed by atoms with E-state index in [0.29, 0.717) is 24.6 Å². The van der Waals surface area contributed by atoms with Crippen molar-refractivity contribution in [3.8, 4) is 17.1 Å². The largest absolute Gasteiger partial charge is 0.501 e. The minimum absolute atomic E-state index is 0.0679. The number of amides is 3. The number of allylic oxidation sites excluding steroid dienone is 3. The number of ether oxygens (including phenoxy) is 2. The van der Waals surface area contributed by atoms with Gasteiger partial charge in [-0.3, -0.25) is 0 Å². The van der Waals surface area contributed by atoms with E-state index in [4.69, 9.17) is 14.0 Å². The van der Waals surface area contributed by atoms with Crippen LogP contribution in [0.1, 0.15) is 26.2 Å². The SMILES string of the molecule is COCCCN1C(=O)C2C=CC=CC2=[N+](Cc2nc(-c3ccc(OC(C)C)cc3)no2)C1=O. The normalized spacial score (nSPS) is 17.8. The monoisotopic (exact) mass is 451 g/mol. The lowest BCUT2D eigenvalue weighted by Crippen LogP contribution is -2.54. The van der Waals surface area contributed by atoms with E-state index in [1.54, 1.807) is 25.3 Å². The van der Waals surface area contributed by atoms with Crippen LogP contribution < -0.4 is 4.74 Å². The molecule has 1 aromatic heterocycles. The topological polar surface area (TPSA) is 97.8 Å². The summed E-state index contributed by atoms with van der Waals surface area (Å²) in [5.74, 6) is 0.693. The maximum absolute atomic E-state index is 13.2. The molecule has 33 heavy (non-hydrogen) atoms. The zero-order valence-electron chi connectivity index (χ0n) is 18.9. The van der Waals surface area contributed by atoms with E-state index in [1.807, 2.05) is 44.2 Å². The predicted octanol–water partition coefficient (Wildman–Crippen LogP) is 3.22. The van der Waals surface area contributed by atoms with Gasteiger partial charge in [-0.25, -0.2) is 4.79 Å². The predicted molar refractivity (Wildman–Crippen MR) is 120 cm³/mol. The molecule has 172 valence electrons. The molecule has 1 unspecified atom stereocenters. The van der Waals surface area contributed by atoms with E-state index < -0.39 is 11.9 Å². The van der Waals surface area contributed by atoms with Crippen molar-refractivity contribution in [1.82, 2.24) is 15.0 Å². The van der Waals surface area contributed by atoms with E-state index in [1.165, 1.54) is 9.48 Å². The lowest BCUT2D eigenvalue weighted by molar-refractivity contribution is -0.460. The summed E-state index contributed by atoms with van der Waals surface area (Å²) in [4.78, 5) is 31.8. The standard InChI is InChI=1S/C24H27N4O5/c1-16(2)32-18-11-9-17(10-12-18)22-25-21(33-26-22)15-28-20-8-5-4-7-19(20)23(29)27(24(28)30)13-6-14-31-3/h4-5,7-12,16,19H,6,13-15H2,1-3H3/q+1. The van der Waals surface area contributed by atoms with E-state index in [-0.39, 0.29) is 31.0 Å². The number of carbonyl (C=O) groups is 2. The Morgan fingerprint density at radius 2 is 1.97 bits per heavy atom. The van der Waals surface area contributed by atoms with Crippen LogP contribution in [0.5, 0.6) is 5.75 Å². The molecule has 2 aliphatic rings. The van der Waals surface area contributed by atoms with Crippen molar-refractivity contribution in [3.05, 3.63) is 54.5 Å². The summed E-state index contributed by atoms with van der Waals surface area (Å²) in [5.41, 5.74) is 1.37. The highest BCUT2D eigenvalue weighted by molar-refractivity contribution is 6.16. The minimum Gasteiger partial charge on any atom is -0.491 e. The van der Waals surface area contributed by atoms with Crippen LogP contribution in [0.25, 0.3) is 11.4 Å². The average Bonchev–Trinajstić information content (AvgIpc) is 3.28. The maximum Gasteiger partial charge on any atom is 0.501 e. The second kappa shape index (κ2) is 9.91. The van der Waals surface area contributed by atoms with Gasteiger partial charge in [0.05, 0.1) is 12.6 Å². The molecular formula is C24H27N4O5+. The number of nitrogens with zero attached hydrogens (tertiary/aromatic N) is 4. The molecule has 4 rings (SSSR count). The number of imide groups is 1. The molecular weight excluding hydrogens is 424 g/mol. The van der Waals surface area contributed by atoms with Crippen molar-refractivity contribution in [2.24, 2.45) is 5.92 Å². The highest BCUT2D eigenvalue weighted by atomic mass is 16.5. The fraction of sp³-hybridized carbons (Fsp3) is 0.375. The van der Waals surface area contributed by atoms with Gasteiger partial charge in [0.25, 0.3) is 5.89 Å². The molecule has 9 heteroatoms. The zero-order valence-corrected chi connectivity index (χ0v) is 18.9. The first-order chi connectivity index (χ1) is 16.0. The number of urea groups is 1. The fourth-order valence-electron chi connectivity index (χ4n) is 3.77. The van der Waals surface area contributed by atoms with Crippen LogP contribution in [0.4, 0.5) is 4.79 Å². The lowest BCUT2D eigenvalue weighted by Gasteiger charge is -2.26. The molecule has 0 radical (unpaired) electrons. The summed E-state index contributed by atoms with van der Waals surface area (Å²) in [5, 5.41) is 4.06. The van der Waals surface area contributed by atoms with Crippen LogP contribution in [0, 0.1) is 5.92 Å². The smallest absolute Gasteiger partial charge is 0.491 e. The number of benzene rings is 1. The lowest BCUT2D eigenvalue weighted by atomic mass is 9.94. The summed E-state index contributed by atoms with van der Waals surface area (Å²) < 4.78 is 17.7. The number of hydrogen-bond donors (Lipinski definition) is 0. The van der Waals surface area contributed by atoms with Crippen LogP contribution in [0.3, 0.4) is 0 Å². The number of carbonyl (C=O) groups excluding carboxylic acids is 2. The van der Waals surface area contributed by atoms with Gasteiger partial charge in [0.1, 0.15) is 17.4 Å². The van der Waals surface area contributed by atoms with Crippen molar-refractivity contribution >= 4 is 17.6 Å². The summed E-state index contributed by atoms with van der Waals surface area (Å²) in [6.07, 6.45) is 7.83. The molecule has 1 aliphatic carbocycles. The van der Waals surface area contributed by atoms with Gasteiger partial charge < -0.3 is 14.0 Å². The third-order valence-corrected chi connectivity index (χ3v) is 5.28. The van der Waals surface area contributed by atoms with Crippen molar-refractivity contribution < 1.29 is 28.2 Å². The first kappa shape index (κ1) is 22.6. The third kappa shape index (κ3) is 4.93. The highest BCUT2D eigenvalue weighted by Gasteiger charge is 2.46. The second-order valence-electron chi connectivity index (χ2n) is 8.05. The quantitative estimate of drug-likeness (QED) is 0.426. The molecule has 2 heterocycles. The molecule has 2 aromatic rings. The summed E-state index contributed by atoms with van der Waals surface area (Å²) in [6.45, 7) is 4.74. The van der Waals surface area contributed by atoms with Crippen LogP contribution in [-0.2, 0) is 16.1 Å². The Labute approximate surface area is 192 Å². The van der Waals surface area contributed by atoms with Crippen molar-refractivity contribution in [3.63, 3.8) is 0 Å². The van der Waals surface area contributed by atoms with Crippen molar-refractivity contribution in [1.29, 1.82) is 0 Å². The van der Waals surface area contributed by atoms with Gasteiger partial charge in [0, 0.05) is 25.7 Å². The first-order valence-corrected chi connectivity index (χ1v) is 10.9. The molecule has 0 spiro atoms. The minimum atomic E-state index is -0.522. The second-order valence-corrected chi connectivity index (χ2v) is 8.05. The molecule has 9 nitrogen and oxygen atoms in total. The molecule has 0 bridgehead atoms. The molecule has 0 saturated carbocycles. The van der Waals surface area contributed by atoms with Crippen LogP contribution in [0.2, 0.25) is 0 Å². The number of aromatic nitrogens is 2. The molecule has 1 aromatic carbocycles. The van der Waals surface area contributed by atoms with Gasteiger partial charge in [-0.2, -0.15) is 19.3 Å². The Balaban J connectivity index is 1.56. The van der Waals surface area contributed by atoms with Crippen molar-refractivity contribution in [2.45, 2.75) is 32.9 Å². The number of methoxy groups -OCH3 is 1. The van der Waals surface area contributed by atoms with Gasteiger partial charge in [-0.05, 0) is 44.2 Å². The Hall–Kier alpha value is -3.59. The van der Waals surface area contributed by atoms with E-state index in [9.17, 15) is 9.59 Å². The highest BCUT2D eigenvalue weighted by Crippen LogP contribution is 2.23. The third-order valence-electron chi connectivity index (χ3n) is 5.28. The Morgan fingerprint density at radius 1 is 1.18 bits per heavy atom. The molecule has 3 amide bonds. The maximum atomic E-state index is 13.2. The Morgan fingerprint density at radius 3 is 2.70 bits per heavy atom. The summed E-state index contributed by atoms with van der Waals surface area (Å²) >= 11 is 0. The average molecular weight is 452 g/mol. The van der Waals surface area contributed by atoms with Crippen LogP contribution in [-0.4, -0.2) is 63.6 Å². The van der Waals surface area contributed by atoms with Crippen LogP contribution >= 0.6 is 0 Å². The Bertz CT molecular complexity index is 1110. The number of fused-ring (bicyclic) bond motifs is 1. The molecule has 1 atom stereocenters. The van der Waals surface area contributed by atoms with Gasteiger partial charge in [-0.1, -0.05) is 23.4 Å². The van der Waals surface area contributed by atoms with E-state index >= 15 is 0 Å². The molecule has 0 saturated heterocycles. The molecule has 0 fully saturated rings. The van der Waals surface area contributed by atoms with E-state index in [0.717, 1.165) is 11.3 Å². The van der Waals surface area contributed by atoms with Crippen molar-refractivity contribution in [2.75, 3.05) is 20.3 Å². The van der Waals surface area contributed by atoms with Gasteiger partial charge in [0.15, 0.2) is 6.54 Å². The summed E-state index contributed by atoms with van der Waals surface area (Å²) in [6, 6.07) is 7.00.